The van der Waals surface area contributed by atoms with E-state index in [9.17, 15) is 18.0 Å². The smallest absolute Gasteiger partial charge is 0.416 e. The highest BCUT2D eigenvalue weighted by molar-refractivity contribution is 5.97. The summed E-state index contributed by atoms with van der Waals surface area (Å²) in [6.45, 7) is 3.56. The molecule has 0 saturated carbocycles. The number of ether oxygens (including phenoxy) is 2. The van der Waals surface area contributed by atoms with Crippen molar-refractivity contribution in [1.82, 2.24) is 0 Å². The SMILES string of the molecule is C[C@H](Oc1ccccc1)C(=O)Nc1cc(C(F)(F)F)ccc1N1CCOCC1. The van der Waals surface area contributed by atoms with Gasteiger partial charge in [-0.15, -0.1) is 0 Å². The molecule has 28 heavy (non-hydrogen) atoms. The predicted molar refractivity (Wildman–Crippen MR) is 99.6 cm³/mol. The van der Waals surface area contributed by atoms with Crippen LogP contribution >= 0.6 is 0 Å². The van der Waals surface area contributed by atoms with Gasteiger partial charge in [-0.1, -0.05) is 18.2 Å². The fourth-order valence-electron chi connectivity index (χ4n) is 2.88. The maximum atomic E-state index is 13.2. The molecule has 1 saturated heterocycles. The van der Waals surface area contributed by atoms with Crippen LogP contribution in [0.25, 0.3) is 0 Å². The molecular weight excluding hydrogens is 373 g/mol. The minimum absolute atomic E-state index is 0.102. The van der Waals surface area contributed by atoms with Crippen LogP contribution in [0, 0.1) is 0 Å². The van der Waals surface area contributed by atoms with Gasteiger partial charge >= 0.3 is 6.18 Å². The van der Waals surface area contributed by atoms with E-state index in [1.165, 1.54) is 6.07 Å². The highest BCUT2D eigenvalue weighted by Crippen LogP contribution is 2.36. The first-order valence-electron chi connectivity index (χ1n) is 8.91. The van der Waals surface area contributed by atoms with Crippen LogP contribution in [-0.2, 0) is 15.7 Å². The van der Waals surface area contributed by atoms with E-state index in [1.807, 2.05) is 11.0 Å². The normalized spacial score (nSPS) is 15.8. The molecule has 1 heterocycles. The summed E-state index contributed by atoms with van der Waals surface area (Å²) in [4.78, 5) is 14.4. The predicted octanol–water partition coefficient (Wildman–Crippen LogP) is 3.95. The van der Waals surface area contributed by atoms with E-state index in [0.717, 1.165) is 12.1 Å². The van der Waals surface area contributed by atoms with Gasteiger partial charge in [-0.3, -0.25) is 4.79 Å². The molecule has 3 rings (SSSR count). The van der Waals surface area contributed by atoms with E-state index in [0.29, 0.717) is 37.7 Å². The van der Waals surface area contributed by atoms with Crippen LogP contribution in [0.3, 0.4) is 0 Å². The fourth-order valence-corrected chi connectivity index (χ4v) is 2.88. The van der Waals surface area contributed by atoms with Crippen molar-refractivity contribution in [3.05, 3.63) is 54.1 Å². The van der Waals surface area contributed by atoms with Gasteiger partial charge in [0.05, 0.1) is 30.2 Å². The Kier molecular flexibility index (Phi) is 6.08. The van der Waals surface area contributed by atoms with Crippen LogP contribution in [0.1, 0.15) is 12.5 Å². The average Bonchev–Trinajstić information content (AvgIpc) is 2.68. The lowest BCUT2D eigenvalue weighted by Crippen LogP contribution is -2.37. The molecule has 0 bridgehead atoms. The summed E-state index contributed by atoms with van der Waals surface area (Å²) in [6, 6.07) is 12.1. The van der Waals surface area contributed by atoms with Crippen LogP contribution in [0.15, 0.2) is 48.5 Å². The zero-order valence-electron chi connectivity index (χ0n) is 15.3. The van der Waals surface area contributed by atoms with Gasteiger partial charge in [0, 0.05) is 13.1 Å². The Bertz CT molecular complexity index is 806. The number of nitrogens with zero attached hydrogens (tertiary/aromatic N) is 1. The Balaban J connectivity index is 1.82. The first kappa shape index (κ1) is 20.0. The number of alkyl halides is 3. The number of hydrogen-bond acceptors (Lipinski definition) is 4. The molecule has 0 spiro atoms. The fraction of sp³-hybridized carbons (Fsp3) is 0.350. The lowest BCUT2D eigenvalue weighted by atomic mass is 10.1. The minimum atomic E-state index is -4.50. The highest BCUT2D eigenvalue weighted by Gasteiger charge is 2.32. The van der Waals surface area contributed by atoms with E-state index in [2.05, 4.69) is 5.32 Å². The third kappa shape index (κ3) is 4.95. The van der Waals surface area contributed by atoms with Crippen LogP contribution in [0.4, 0.5) is 24.5 Å². The highest BCUT2D eigenvalue weighted by atomic mass is 19.4. The van der Waals surface area contributed by atoms with Gasteiger partial charge in [-0.2, -0.15) is 13.2 Å². The number of para-hydroxylation sites is 1. The molecule has 8 heteroatoms. The molecule has 1 fully saturated rings. The molecule has 1 amide bonds. The van der Waals surface area contributed by atoms with Gasteiger partial charge in [0.25, 0.3) is 5.91 Å². The Labute approximate surface area is 161 Å². The first-order valence-corrected chi connectivity index (χ1v) is 8.91. The molecular formula is C20H21F3N2O3. The Morgan fingerprint density at radius 3 is 2.46 bits per heavy atom. The zero-order chi connectivity index (χ0) is 20.1. The van der Waals surface area contributed by atoms with Gasteiger partial charge in [-0.05, 0) is 37.3 Å². The largest absolute Gasteiger partial charge is 0.481 e. The molecule has 1 aliphatic rings. The maximum absolute atomic E-state index is 13.2. The van der Waals surface area contributed by atoms with E-state index in [4.69, 9.17) is 9.47 Å². The molecule has 1 N–H and O–H groups in total. The number of anilines is 2. The molecule has 0 unspecified atom stereocenters. The van der Waals surface area contributed by atoms with Crippen molar-refractivity contribution in [2.75, 3.05) is 36.5 Å². The third-order valence-corrected chi connectivity index (χ3v) is 4.36. The van der Waals surface area contributed by atoms with Gasteiger partial charge < -0.3 is 19.7 Å². The number of benzene rings is 2. The summed E-state index contributed by atoms with van der Waals surface area (Å²) in [6.07, 6.45) is -5.38. The number of nitrogens with one attached hydrogen (secondary N) is 1. The van der Waals surface area contributed by atoms with Crippen LogP contribution in [-0.4, -0.2) is 38.3 Å². The van der Waals surface area contributed by atoms with Gasteiger partial charge in [-0.25, -0.2) is 0 Å². The number of hydrogen-bond donors (Lipinski definition) is 1. The molecule has 2 aromatic rings. The van der Waals surface area contributed by atoms with Crippen molar-refractivity contribution < 1.29 is 27.4 Å². The van der Waals surface area contributed by atoms with Gasteiger partial charge in [0.1, 0.15) is 5.75 Å². The summed E-state index contributed by atoms with van der Waals surface area (Å²) >= 11 is 0. The van der Waals surface area contributed by atoms with E-state index in [1.54, 1.807) is 31.2 Å². The Morgan fingerprint density at radius 1 is 1.14 bits per heavy atom. The monoisotopic (exact) mass is 394 g/mol. The van der Waals surface area contributed by atoms with Crippen LogP contribution in [0.5, 0.6) is 5.75 Å². The zero-order valence-corrected chi connectivity index (χ0v) is 15.3. The van der Waals surface area contributed by atoms with Crippen molar-refractivity contribution in [2.24, 2.45) is 0 Å². The van der Waals surface area contributed by atoms with Crippen molar-refractivity contribution in [2.45, 2.75) is 19.2 Å². The number of carbonyl (C=O) groups excluding carboxylic acids is 1. The lowest BCUT2D eigenvalue weighted by molar-refractivity contribution is -0.137. The summed E-state index contributed by atoms with van der Waals surface area (Å²) in [5.74, 6) is -0.0275. The Hall–Kier alpha value is -2.74. The topological polar surface area (TPSA) is 50.8 Å². The number of morpholine rings is 1. The summed E-state index contributed by atoms with van der Waals surface area (Å²) in [7, 11) is 0. The summed E-state index contributed by atoms with van der Waals surface area (Å²) in [5.41, 5.74) is -0.196. The van der Waals surface area contributed by atoms with Gasteiger partial charge in [0.2, 0.25) is 0 Å². The van der Waals surface area contributed by atoms with E-state index in [-0.39, 0.29) is 5.69 Å². The average molecular weight is 394 g/mol. The molecule has 1 aliphatic heterocycles. The molecule has 5 nitrogen and oxygen atoms in total. The van der Waals surface area contributed by atoms with Crippen molar-refractivity contribution >= 4 is 17.3 Å². The quantitative estimate of drug-likeness (QED) is 0.835. The molecule has 0 aliphatic carbocycles. The summed E-state index contributed by atoms with van der Waals surface area (Å²) in [5, 5.41) is 2.59. The number of amides is 1. The molecule has 2 aromatic carbocycles. The molecule has 1 atom stereocenters. The number of rotatable bonds is 5. The minimum Gasteiger partial charge on any atom is -0.481 e. The number of carbonyl (C=O) groups is 1. The molecule has 0 aromatic heterocycles. The van der Waals surface area contributed by atoms with Crippen molar-refractivity contribution in [1.29, 1.82) is 0 Å². The van der Waals surface area contributed by atoms with Crippen molar-refractivity contribution in [3.63, 3.8) is 0 Å². The second-order valence-electron chi connectivity index (χ2n) is 6.39. The van der Waals surface area contributed by atoms with E-state index < -0.39 is 23.8 Å². The van der Waals surface area contributed by atoms with Crippen molar-refractivity contribution in [3.8, 4) is 5.75 Å². The third-order valence-electron chi connectivity index (χ3n) is 4.36. The van der Waals surface area contributed by atoms with Crippen LogP contribution < -0.4 is 15.0 Å². The standard InChI is InChI=1S/C20H21F3N2O3/c1-14(28-16-5-3-2-4-6-16)19(26)24-17-13-15(20(21,22)23)7-8-18(17)25-9-11-27-12-10-25/h2-8,13-14H,9-12H2,1H3,(H,24,26)/t14-/m0/s1. The molecule has 150 valence electrons. The number of halogens is 3. The van der Waals surface area contributed by atoms with Gasteiger partial charge in [0.15, 0.2) is 6.10 Å². The van der Waals surface area contributed by atoms with E-state index >= 15 is 0 Å². The first-order chi connectivity index (χ1) is 13.3. The Morgan fingerprint density at radius 2 is 1.82 bits per heavy atom. The second kappa shape index (κ2) is 8.52. The molecule has 0 radical (unpaired) electrons. The maximum Gasteiger partial charge on any atom is 0.416 e. The lowest BCUT2D eigenvalue weighted by Gasteiger charge is -2.31. The van der Waals surface area contributed by atoms with Crippen LogP contribution in [0.2, 0.25) is 0 Å². The second-order valence-corrected chi connectivity index (χ2v) is 6.39. The summed E-state index contributed by atoms with van der Waals surface area (Å²) < 4.78 is 50.3.